The van der Waals surface area contributed by atoms with Gasteiger partial charge in [-0.25, -0.2) is 0 Å². The molecule has 3 N–H and O–H groups in total. The highest BCUT2D eigenvalue weighted by atomic mass is 127. The number of guanidine groups is 1. The predicted octanol–water partition coefficient (Wildman–Crippen LogP) is 2.04. The van der Waals surface area contributed by atoms with E-state index >= 15 is 0 Å². The lowest BCUT2D eigenvalue weighted by Crippen LogP contribution is -2.48. The van der Waals surface area contributed by atoms with E-state index in [0.29, 0.717) is 17.9 Å². The van der Waals surface area contributed by atoms with Crippen LogP contribution in [0.25, 0.3) is 0 Å². The van der Waals surface area contributed by atoms with Gasteiger partial charge < -0.3 is 11.1 Å². The summed E-state index contributed by atoms with van der Waals surface area (Å²) in [7, 11) is 0. The monoisotopic (exact) mass is 368 g/mol. The van der Waals surface area contributed by atoms with Crippen LogP contribution in [0.4, 0.5) is 0 Å². The van der Waals surface area contributed by atoms with Gasteiger partial charge in [-0.3, -0.25) is 9.89 Å². The van der Waals surface area contributed by atoms with Gasteiger partial charge in [-0.2, -0.15) is 0 Å². The van der Waals surface area contributed by atoms with Crippen molar-refractivity contribution < 1.29 is 0 Å². The Kier molecular flexibility index (Phi) is 9.81. The van der Waals surface area contributed by atoms with Crippen molar-refractivity contribution in [1.82, 2.24) is 10.2 Å². The highest BCUT2D eigenvalue weighted by Crippen LogP contribution is 2.15. The third-order valence-electron chi connectivity index (χ3n) is 3.30. The zero-order valence-electron chi connectivity index (χ0n) is 12.0. The summed E-state index contributed by atoms with van der Waals surface area (Å²) in [5.74, 6) is 1.16. The fourth-order valence-corrected chi connectivity index (χ4v) is 2.27. The highest BCUT2D eigenvalue weighted by molar-refractivity contribution is 14.0. The number of nitrogens with one attached hydrogen (secondary N) is 1. The second-order valence-electron chi connectivity index (χ2n) is 5.28. The highest BCUT2D eigenvalue weighted by Gasteiger charge is 2.20. The summed E-state index contributed by atoms with van der Waals surface area (Å²) in [6.45, 7) is 10.6. The number of hydrogen-bond donors (Lipinski definition) is 2. The molecule has 4 nitrogen and oxygen atoms in total. The molecule has 1 fully saturated rings. The molecule has 1 aliphatic heterocycles. The van der Waals surface area contributed by atoms with Crippen LogP contribution in [0.5, 0.6) is 0 Å². The Morgan fingerprint density at radius 3 is 2.78 bits per heavy atom. The van der Waals surface area contributed by atoms with Crippen molar-refractivity contribution in [1.29, 1.82) is 0 Å². The zero-order valence-corrected chi connectivity index (χ0v) is 14.3. The van der Waals surface area contributed by atoms with Crippen LogP contribution >= 0.6 is 24.0 Å². The molecule has 1 atom stereocenters. The molecule has 0 aromatic carbocycles. The topological polar surface area (TPSA) is 53.6 Å². The standard InChI is InChI=1S/C13H28N4.HI/c1-4-17-8-6-5-7-12(17)10-16-13(14)15-9-11(2)3;/h11-12H,4-10H2,1-3H3,(H3,14,15,16);1H. The number of likely N-dealkylation sites (tertiary alicyclic amines) is 1. The molecule has 0 saturated carbocycles. The minimum absolute atomic E-state index is 0. The van der Waals surface area contributed by atoms with Gasteiger partial charge in [-0.1, -0.05) is 27.2 Å². The molecular formula is C13H29IN4. The first-order valence-corrected chi connectivity index (χ1v) is 6.91. The molecule has 1 saturated heterocycles. The molecule has 1 heterocycles. The van der Waals surface area contributed by atoms with Crippen LogP contribution in [-0.4, -0.2) is 43.1 Å². The summed E-state index contributed by atoms with van der Waals surface area (Å²) in [6.07, 6.45) is 3.95. The van der Waals surface area contributed by atoms with Gasteiger partial charge in [-0.15, -0.1) is 24.0 Å². The molecular weight excluding hydrogens is 339 g/mol. The van der Waals surface area contributed by atoms with Crippen molar-refractivity contribution in [3.05, 3.63) is 0 Å². The van der Waals surface area contributed by atoms with Crippen molar-refractivity contribution in [2.24, 2.45) is 16.6 Å². The quantitative estimate of drug-likeness (QED) is 0.444. The first-order chi connectivity index (χ1) is 8.13. The van der Waals surface area contributed by atoms with Gasteiger partial charge >= 0.3 is 0 Å². The fourth-order valence-electron chi connectivity index (χ4n) is 2.27. The van der Waals surface area contributed by atoms with Gasteiger partial charge in [0.2, 0.25) is 0 Å². The molecule has 0 aromatic rings. The summed E-state index contributed by atoms with van der Waals surface area (Å²) in [6, 6.07) is 0.626. The molecule has 0 spiro atoms. The summed E-state index contributed by atoms with van der Waals surface area (Å²) in [4.78, 5) is 6.86. The fraction of sp³-hybridized carbons (Fsp3) is 0.923. The third kappa shape index (κ3) is 6.78. The maximum absolute atomic E-state index is 5.85. The largest absolute Gasteiger partial charge is 0.370 e. The van der Waals surface area contributed by atoms with E-state index in [1.54, 1.807) is 0 Å². The summed E-state index contributed by atoms with van der Waals surface area (Å²) in [5, 5.41) is 3.26. The van der Waals surface area contributed by atoms with Gasteiger partial charge in [0.25, 0.3) is 0 Å². The molecule has 0 aromatic heterocycles. The Hall–Kier alpha value is -0.0400. The lowest BCUT2D eigenvalue weighted by Gasteiger charge is -2.35. The average molecular weight is 368 g/mol. The molecule has 0 radical (unpaired) electrons. The molecule has 1 aliphatic rings. The predicted molar refractivity (Wildman–Crippen MR) is 89.6 cm³/mol. The second-order valence-corrected chi connectivity index (χ2v) is 5.28. The first kappa shape index (κ1) is 18.0. The number of rotatable bonds is 5. The lowest BCUT2D eigenvalue weighted by molar-refractivity contribution is 0.157. The Bertz CT molecular complexity index is 243. The van der Waals surface area contributed by atoms with Gasteiger partial charge in [0.15, 0.2) is 5.96 Å². The maximum Gasteiger partial charge on any atom is 0.188 e. The zero-order chi connectivity index (χ0) is 12.7. The van der Waals surface area contributed by atoms with E-state index in [1.165, 1.54) is 25.8 Å². The maximum atomic E-state index is 5.85. The second kappa shape index (κ2) is 9.83. The van der Waals surface area contributed by atoms with Crippen LogP contribution in [0.3, 0.4) is 0 Å². The van der Waals surface area contributed by atoms with Crippen LogP contribution in [0, 0.1) is 5.92 Å². The normalized spacial score (nSPS) is 21.8. The van der Waals surface area contributed by atoms with Crippen LogP contribution in [0.2, 0.25) is 0 Å². The van der Waals surface area contributed by atoms with E-state index in [2.05, 4.69) is 36.0 Å². The molecule has 5 heteroatoms. The minimum atomic E-state index is 0. The molecule has 0 aliphatic carbocycles. The molecule has 1 rings (SSSR count). The molecule has 0 amide bonds. The smallest absolute Gasteiger partial charge is 0.188 e. The number of nitrogens with zero attached hydrogens (tertiary/aromatic N) is 2. The van der Waals surface area contributed by atoms with Crippen LogP contribution in [-0.2, 0) is 0 Å². The Morgan fingerprint density at radius 1 is 1.44 bits per heavy atom. The number of piperidine rings is 1. The number of halogens is 1. The van der Waals surface area contributed by atoms with Gasteiger partial charge in [0.1, 0.15) is 0 Å². The van der Waals surface area contributed by atoms with E-state index < -0.39 is 0 Å². The first-order valence-electron chi connectivity index (χ1n) is 6.91. The number of nitrogens with two attached hydrogens (primary N) is 1. The Balaban J connectivity index is 0.00000289. The third-order valence-corrected chi connectivity index (χ3v) is 3.30. The van der Waals surface area contributed by atoms with Crippen molar-refractivity contribution >= 4 is 29.9 Å². The number of likely N-dealkylation sites (N-methyl/N-ethyl adjacent to an activating group) is 1. The molecule has 0 bridgehead atoms. The molecule has 108 valence electrons. The van der Waals surface area contributed by atoms with Crippen molar-refractivity contribution in [3.8, 4) is 0 Å². The number of aliphatic imine (C=N–C) groups is 1. The average Bonchev–Trinajstić information content (AvgIpc) is 2.34. The van der Waals surface area contributed by atoms with E-state index in [4.69, 9.17) is 5.73 Å². The SMILES string of the molecule is CCN1CCCCC1CNC(N)=NCC(C)C.I. The molecule has 1 unspecified atom stereocenters. The van der Waals surface area contributed by atoms with Gasteiger partial charge in [0.05, 0.1) is 0 Å². The van der Waals surface area contributed by atoms with E-state index in [0.717, 1.165) is 19.6 Å². The van der Waals surface area contributed by atoms with Crippen LogP contribution < -0.4 is 11.1 Å². The Morgan fingerprint density at radius 2 is 2.17 bits per heavy atom. The van der Waals surface area contributed by atoms with Crippen LogP contribution in [0.15, 0.2) is 4.99 Å². The van der Waals surface area contributed by atoms with Crippen molar-refractivity contribution in [2.75, 3.05) is 26.2 Å². The number of hydrogen-bond acceptors (Lipinski definition) is 2. The minimum Gasteiger partial charge on any atom is -0.370 e. The summed E-state index contributed by atoms with van der Waals surface area (Å²) in [5.41, 5.74) is 5.85. The van der Waals surface area contributed by atoms with Crippen LogP contribution in [0.1, 0.15) is 40.0 Å². The Labute approximate surface area is 129 Å². The molecule has 18 heavy (non-hydrogen) atoms. The van der Waals surface area contributed by atoms with Gasteiger partial charge in [0, 0.05) is 19.1 Å². The summed E-state index contributed by atoms with van der Waals surface area (Å²) < 4.78 is 0. The van der Waals surface area contributed by atoms with E-state index in [9.17, 15) is 0 Å². The lowest BCUT2D eigenvalue weighted by atomic mass is 10.0. The van der Waals surface area contributed by atoms with Crippen molar-refractivity contribution in [3.63, 3.8) is 0 Å². The van der Waals surface area contributed by atoms with Crippen molar-refractivity contribution in [2.45, 2.75) is 46.1 Å². The van der Waals surface area contributed by atoms with E-state index in [1.807, 2.05) is 0 Å². The summed E-state index contributed by atoms with van der Waals surface area (Å²) >= 11 is 0. The van der Waals surface area contributed by atoms with Gasteiger partial charge in [-0.05, 0) is 31.8 Å². The van der Waals surface area contributed by atoms with E-state index in [-0.39, 0.29) is 24.0 Å².